The molecule has 0 aliphatic carbocycles. The summed E-state index contributed by atoms with van der Waals surface area (Å²) in [6, 6.07) is 8.48. The van der Waals surface area contributed by atoms with E-state index in [1.807, 2.05) is 0 Å². The van der Waals surface area contributed by atoms with Crippen molar-refractivity contribution in [1.82, 2.24) is 4.90 Å². The number of hydrogen-bond acceptors (Lipinski definition) is 2. The van der Waals surface area contributed by atoms with Crippen LogP contribution in [0.25, 0.3) is 0 Å². The van der Waals surface area contributed by atoms with Crippen LogP contribution in [0.4, 0.5) is 0 Å². The zero-order chi connectivity index (χ0) is 10.4. The maximum absolute atomic E-state index is 4.20. The van der Waals surface area contributed by atoms with Crippen molar-refractivity contribution in [3.8, 4) is 0 Å². The monoisotopic (exact) mass is 273 g/mol. The number of thiol groups is 1. The Kier molecular flexibility index (Phi) is 5.60. The van der Waals surface area contributed by atoms with Gasteiger partial charge in [0.2, 0.25) is 0 Å². The molecule has 0 amide bonds. The third-order valence-corrected chi connectivity index (χ3v) is 2.91. The average molecular weight is 274 g/mol. The second-order valence-corrected chi connectivity index (χ2v) is 4.80. The first kappa shape index (κ1) is 12.1. The Morgan fingerprint density at radius 2 is 1.93 bits per heavy atom. The van der Waals surface area contributed by atoms with Crippen molar-refractivity contribution >= 4 is 28.6 Å². The van der Waals surface area contributed by atoms with Gasteiger partial charge in [-0.3, -0.25) is 0 Å². The van der Waals surface area contributed by atoms with Crippen LogP contribution < -0.4 is 0 Å². The van der Waals surface area contributed by atoms with Gasteiger partial charge < -0.3 is 4.90 Å². The highest BCUT2D eigenvalue weighted by Crippen LogP contribution is 2.11. The molecule has 0 saturated carbocycles. The first-order valence-electron chi connectivity index (χ1n) is 4.76. The average Bonchev–Trinajstić information content (AvgIpc) is 2.18. The van der Waals surface area contributed by atoms with Crippen LogP contribution in [0.2, 0.25) is 0 Å². The fourth-order valence-corrected chi connectivity index (χ4v) is 1.73. The fraction of sp³-hybridized carbons (Fsp3) is 0.455. The van der Waals surface area contributed by atoms with Crippen molar-refractivity contribution in [3.05, 3.63) is 34.3 Å². The molecule has 0 atom stereocenters. The van der Waals surface area contributed by atoms with Crippen LogP contribution in [-0.2, 0) is 6.54 Å². The molecule has 0 spiro atoms. The number of halogens is 1. The smallest absolute Gasteiger partial charge is 0.0230 e. The summed E-state index contributed by atoms with van der Waals surface area (Å²) >= 11 is 7.63. The molecule has 0 aromatic heterocycles. The maximum atomic E-state index is 4.20. The summed E-state index contributed by atoms with van der Waals surface area (Å²) in [5.74, 6) is 0.963. The lowest BCUT2D eigenvalue weighted by atomic mass is 10.2. The van der Waals surface area contributed by atoms with Crippen molar-refractivity contribution in [2.24, 2.45) is 0 Å². The highest BCUT2D eigenvalue weighted by molar-refractivity contribution is 9.10. The molecule has 0 saturated heterocycles. The fourth-order valence-electron chi connectivity index (χ4n) is 1.32. The van der Waals surface area contributed by atoms with Crippen LogP contribution in [0.15, 0.2) is 28.7 Å². The first-order chi connectivity index (χ1) is 6.72. The molecule has 0 aliphatic rings. The topological polar surface area (TPSA) is 3.24 Å². The summed E-state index contributed by atoms with van der Waals surface area (Å²) < 4.78 is 1.14. The van der Waals surface area contributed by atoms with Crippen molar-refractivity contribution in [2.45, 2.75) is 13.0 Å². The van der Waals surface area contributed by atoms with E-state index in [9.17, 15) is 0 Å². The summed E-state index contributed by atoms with van der Waals surface area (Å²) in [5.41, 5.74) is 1.36. The summed E-state index contributed by atoms with van der Waals surface area (Å²) in [4.78, 5) is 2.32. The van der Waals surface area contributed by atoms with E-state index in [0.29, 0.717) is 0 Å². The molecule has 0 bridgehead atoms. The van der Waals surface area contributed by atoms with Gasteiger partial charge in [-0.05, 0) is 43.5 Å². The molecule has 0 unspecified atom stereocenters. The molecule has 1 rings (SSSR count). The predicted octanol–water partition coefficient (Wildman–Crippen LogP) is 3.20. The Hall–Kier alpha value is 0.01000. The van der Waals surface area contributed by atoms with Crippen LogP contribution in [0, 0.1) is 0 Å². The molecule has 1 nitrogen and oxygen atoms in total. The summed E-state index contributed by atoms with van der Waals surface area (Å²) in [6.45, 7) is 2.13. The van der Waals surface area contributed by atoms with Crippen molar-refractivity contribution in [3.63, 3.8) is 0 Å². The van der Waals surface area contributed by atoms with Gasteiger partial charge in [0.05, 0.1) is 0 Å². The third-order valence-electron chi connectivity index (χ3n) is 2.06. The predicted molar refractivity (Wildman–Crippen MR) is 68.9 cm³/mol. The standard InChI is InChI=1S/C11H16BrNS/c1-13(7-2-8-14)9-10-3-5-11(12)6-4-10/h3-6,14H,2,7-9H2,1H3. The van der Waals surface area contributed by atoms with E-state index >= 15 is 0 Å². The number of nitrogens with zero attached hydrogens (tertiary/aromatic N) is 1. The molecule has 0 N–H and O–H groups in total. The molecular formula is C11H16BrNS. The zero-order valence-corrected chi connectivity index (χ0v) is 10.9. The van der Waals surface area contributed by atoms with Gasteiger partial charge in [-0.2, -0.15) is 12.6 Å². The number of hydrogen-bond donors (Lipinski definition) is 1. The van der Waals surface area contributed by atoms with E-state index < -0.39 is 0 Å². The van der Waals surface area contributed by atoms with Gasteiger partial charge >= 0.3 is 0 Å². The molecule has 3 heteroatoms. The minimum atomic E-state index is 0.963. The van der Waals surface area contributed by atoms with Gasteiger partial charge in [0.15, 0.2) is 0 Å². The van der Waals surface area contributed by atoms with E-state index in [2.05, 4.69) is 64.8 Å². The van der Waals surface area contributed by atoms with Crippen LogP contribution in [0.1, 0.15) is 12.0 Å². The molecule has 78 valence electrons. The highest BCUT2D eigenvalue weighted by Gasteiger charge is 1.99. The third kappa shape index (κ3) is 4.49. The van der Waals surface area contributed by atoms with Crippen LogP contribution in [-0.4, -0.2) is 24.2 Å². The second-order valence-electron chi connectivity index (χ2n) is 3.44. The Morgan fingerprint density at radius 1 is 1.29 bits per heavy atom. The second kappa shape index (κ2) is 6.49. The SMILES string of the molecule is CN(CCCS)Cc1ccc(Br)cc1. The Labute approximate surface area is 100 Å². The van der Waals surface area contributed by atoms with Crippen molar-refractivity contribution in [1.29, 1.82) is 0 Å². The van der Waals surface area contributed by atoms with E-state index in [0.717, 1.165) is 29.7 Å². The minimum absolute atomic E-state index is 0.963. The lowest BCUT2D eigenvalue weighted by molar-refractivity contribution is 0.328. The van der Waals surface area contributed by atoms with Crippen LogP contribution >= 0.6 is 28.6 Å². The Balaban J connectivity index is 2.39. The minimum Gasteiger partial charge on any atom is -0.302 e. The molecule has 0 fully saturated rings. The molecule has 0 aliphatic heterocycles. The maximum Gasteiger partial charge on any atom is 0.0230 e. The van der Waals surface area contributed by atoms with Gasteiger partial charge in [0.1, 0.15) is 0 Å². The molecular weight excluding hydrogens is 258 g/mol. The highest BCUT2D eigenvalue weighted by atomic mass is 79.9. The van der Waals surface area contributed by atoms with Gasteiger partial charge in [0.25, 0.3) is 0 Å². The number of benzene rings is 1. The molecule has 1 aromatic carbocycles. The lowest BCUT2D eigenvalue weighted by Crippen LogP contribution is -2.19. The van der Waals surface area contributed by atoms with Crippen molar-refractivity contribution in [2.75, 3.05) is 19.3 Å². The largest absolute Gasteiger partial charge is 0.302 e. The summed E-state index contributed by atoms with van der Waals surface area (Å²) in [5, 5.41) is 0. The molecule has 14 heavy (non-hydrogen) atoms. The summed E-state index contributed by atoms with van der Waals surface area (Å²) in [6.07, 6.45) is 1.15. The number of rotatable bonds is 5. The van der Waals surface area contributed by atoms with E-state index in [1.54, 1.807) is 0 Å². The van der Waals surface area contributed by atoms with Crippen molar-refractivity contribution < 1.29 is 0 Å². The summed E-state index contributed by atoms with van der Waals surface area (Å²) in [7, 11) is 2.14. The first-order valence-corrected chi connectivity index (χ1v) is 6.19. The van der Waals surface area contributed by atoms with Gasteiger partial charge in [-0.25, -0.2) is 0 Å². The van der Waals surface area contributed by atoms with Gasteiger partial charge in [-0.1, -0.05) is 28.1 Å². The zero-order valence-electron chi connectivity index (χ0n) is 8.41. The quantitative estimate of drug-likeness (QED) is 0.807. The van der Waals surface area contributed by atoms with Crippen LogP contribution in [0.3, 0.4) is 0 Å². The molecule has 1 aromatic rings. The van der Waals surface area contributed by atoms with E-state index in [4.69, 9.17) is 0 Å². The van der Waals surface area contributed by atoms with Gasteiger partial charge in [0, 0.05) is 11.0 Å². The normalized spacial score (nSPS) is 10.9. The van der Waals surface area contributed by atoms with E-state index in [-0.39, 0.29) is 0 Å². The van der Waals surface area contributed by atoms with E-state index in [1.165, 1.54) is 5.56 Å². The Bertz CT molecular complexity index is 260. The van der Waals surface area contributed by atoms with Gasteiger partial charge in [-0.15, -0.1) is 0 Å². The van der Waals surface area contributed by atoms with Crippen LogP contribution in [0.5, 0.6) is 0 Å². The molecule has 0 radical (unpaired) electrons. The lowest BCUT2D eigenvalue weighted by Gasteiger charge is -2.15. The molecule has 0 heterocycles. The Morgan fingerprint density at radius 3 is 2.50 bits per heavy atom.